The SMILES string of the molecule is C=C(C)CCN(C)CP(C)(=O)Oc1ccccc1. The number of hydrogen-bond donors (Lipinski definition) is 0. The van der Waals surface area contributed by atoms with Gasteiger partial charge in [0.05, 0.1) is 6.29 Å². The number of rotatable bonds is 7. The van der Waals surface area contributed by atoms with Crippen LogP contribution in [0.4, 0.5) is 0 Å². The first kappa shape index (κ1) is 15.0. The molecule has 0 aliphatic heterocycles. The van der Waals surface area contributed by atoms with E-state index >= 15 is 0 Å². The van der Waals surface area contributed by atoms with Crippen molar-refractivity contribution in [3.8, 4) is 5.75 Å². The molecule has 4 heteroatoms. The van der Waals surface area contributed by atoms with E-state index in [1.807, 2.05) is 49.2 Å². The molecule has 1 atom stereocenters. The predicted molar refractivity (Wildman–Crippen MR) is 77.5 cm³/mol. The van der Waals surface area contributed by atoms with Gasteiger partial charge < -0.3 is 4.52 Å². The molecule has 1 aromatic carbocycles. The summed E-state index contributed by atoms with van der Waals surface area (Å²) < 4.78 is 17.9. The molecule has 0 N–H and O–H groups in total. The lowest BCUT2D eigenvalue weighted by atomic mass is 10.2. The molecular formula is C14H22NO2P. The maximum Gasteiger partial charge on any atom is 0.258 e. The lowest BCUT2D eigenvalue weighted by Gasteiger charge is -2.22. The summed E-state index contributed by atoms with van der Waals surface area (Å²) in [5.74, 6) is 0.664. The van der Waals surface area contributed by atoms with Gasteiger partial charge in [0.15, 0.2) is 0 Å². The standard InChI is InChI=1S/C14H22NO2P/c1-13(2)10-11-15(3)12-18(4,16)17-14-8-6-5-7-9-14/h5-9H,1,10-12H2,2-4H3. The van der Waals surface area contributed by atoms with Gasteiger partial charge in [-0.1, -0.05) is 23.8 Å². The molecule has 0 aliphatic rings. The molecule has 0 heterocycles. The highest BCUT2D eigenvalue weighted by atomic mass is 31.2. The molecule has 0 saturated carbocycles. The van der Waals surface area contributed by atoms with E-state index < -0.39 is 7.37 Å². The van der Waals surface area contributed by atoms with Gasteiger partial charge in [0.25, 0.3) is 7.37 Å². The predicted octanol–water partition coefficient (Wildman–Crippen LogP) is 3.83. The van der Waals surface area contributed by atoms with Gasteiger partial charge in [-0.05, 0) is 32.5 Å². The number of benzene rings is 1. The highest BCUT2D eigenvalue weighted by Crippen LogP contribution is 2.43. The van der Waals surface area contributed by atoms with Crippen LogP contribution in [0, 0.1) is 0 Å². The second kappa shape index (κ2) is 6.77. The summed E-state index contributed by atoms with van der Waals surface area (Å²) in [7, 11) is -0.682. The summed E-state index contributed by atoms with van der Waals surface area (Å²) in [4.78, 5) is 2.03. The molecule has 0 amide bonds. The Bertz CT molecular complexity index is 431. The van der Waals surface area contributed by atoms with E-state index in [0.29, 0.717) is 12.0 Å². The highest BCUT2D eigenvalue weighted by molar-refractivity contribution is 7.58. The molecule has 0 aromatic heterocycles. The van der Waals surface area contributed by atoms with Gasteiger partial charge in [0, 0.05) is 13.2 Å². The van der Waals surface area contributed by atoms with Crippen LogP contribution >= 0.6 is 7.37 Å². The van der Waals surface area contributed by atoms with Gasteiger partial charge in [-0.25, -0.2) is 0 Å². The van der Waals surface area contributed by atoms with E-state index in [9.17, 15) is 4.57 Å². The smallest absolute Gasteiger partial charge is 0.258 e. The molecule has 1 unspecified atom stereocenters. The lowest BCUT2D eigenvalue weighted by Crippen LogP contribution is -2.22. The van der Waals surface area contributed by atoms with Gasteiger partial charge in [0.2, 0.25) is 0 Å². The average Bonchev–Trinajstić information content (AvgIpc) is 2.26. The second-order valence-electron chi connectivity index (χ2n) is 4.85. The molecular weight excluding hydrogens is 245 g/mol. The largest absolute Gasteiger partial charge is 0.442 e. The van der Waals surface area contributed by atoms with Crippen LogP contribution in [0.5, 0.6) is 5.75 Å². The van der Waals surface area contributed by atoms with E-state index in [2.05, 4.69) is 6.58 Å². The summed E-state index contributed by atoms with van der Waals surface area (Å²) in [5, 5.41) is 0. The van der Waals surface area contributed by atoms with Gasteiger partial charge >= 0.3 is 0 Å². The Hall–Kier alpha value is -1.05. The number of hydrogen-bond acceptors (Lipinski definition) is 3. The summed E-state index contributed by atoms with van der Waals surface area (Å²) in [6.07, 6.45) is 1.37. The van der Waals surface area contributed by atoms with Crippen molar-refractivity contribution in [1.82, 2.24) is 4.90 Å². The third-order valence-corrected chi connectivity index (χ3v) is 4.05. The third-order valence-electron chi connectivity index (χ3n) is 2.46. The topological polar surface area (TPSA) is 29.5 Å². The van der Waals surface area contributed by atoms with Crippen LogP contribution in [0.25, 0.3) is 0 Å². The normalized spacial score (nSPS) is 14.2. The van der Waals surface area contributed by atoms with E-state index in [4.69, 9.17) is 4.52 Å². The molecule has 0 fully saturated rings. The first-order valence-corrected chi connectivity index (χ1v) is 8.29. The van der Waals surface area contributed by atoms with E-state index in [1.54, 1.807) is 6.66 Å². The van der Waals surface area contributed by atoms with Crippen LogP contribution in [-0.4, -0.2) is 31.4 Å². The molecule has 0 radical (unpaired) electrons. The second-order valence-corrected chi connectivity index (χ2v) is 7.34. The number of nitrogens with zero attached hydrogens (tertiary/aromatic N) is 1. The van der Waals surface area contributed by atoms with Crippen molar-refractivity contribution in [1.29, 1.82) is 0 Å². The molecule has 3 nitrogen and oxygen atoms in total. The monoisotopic (exact) mass is 267 g/mol. The van der Waals surface area contributed by atoms with Crippen molar-refractivity contribution in [3.05, 3.63) is 42.5 Å². The highest BCUT2D eigenvalue weighted by Gasteiger charge is 2.19. The Morgan fingerprint density at radius 2 is 2.00 bits per heavy atom. The maximum absolute atomic E-state index is 12.4. The van der Waals surface area contributed by atoms with Crippen LogP contribution < -0.4 is 4.52 Å². The summed E-state index contributed by atoms with van der Waals surface area (Å²) in [6.45, 7) is 8.39. The Labute approximate surface area is 110 Å². The van der Waals surface area contributed by atoms with Crippen molar-refractivity contribution in [3.63, 3.8) is 0 Å². The van der Waals surface area contributed by atoms with Crippen molar-refractivity contribution in [2.75, 3.05) is 26.5 Å². The van der Waals surface area contributed by atoms with E-state index in [0.717, 1.165) is 18.5 Å². The first-order valence-electron chi connectivity index (χ1n) is 6.03. The Balaban J connectivity index is 2.49. The molecule has 1 rings (SSSR count). The Morgan fingerprint density at radius 3 is 2.56 bits per heavy atom. The quantitative estimate of drug-likeness (QED) is 0.555. The lowest BCUT2D eigenvalue weighted by molar-refractivity contribution is 0.367. The first-order chi connectivity index (χ1) is 8.39. The van der Waals surface area contributed by atoms with Gasteiger partial charge in [-0.15, -0.1) is 6.58 Å². The molecule has 0 saturated heterocycles. The van der Waals surface area contributed by atoms with Crippen LogP contribution in [-0.2, 0) is 4.57 Å². The van der Waals surface area contributed by atoms with Gasteiger partial charge in [0.1, 0.15) is 5.75 Å². The number of para-hydroxylation sites is 1. The zero-order valence-electron chi connectivity index (χ0n) is 11.4. The zero-order chi connectivity index (χ0) is 13.6. The molecule has 0 bridgehead atoms. The Morgan fingerprint density at radius 1 is 1.39 bits per heavy atom. The fourth-order valence-corrected chi connectivity index (χ4v) is 3.27. The minimum absolute atomic E-state index is 0.454. The maximum atomic E-state index is 12.4. The third kappa shape index (κ3) is 6.04. The zero-order valence-corrected chi connectivity index (χ0v) is 12.3. The van der Waals surface area contributed by atoms with E-state index in [-0.39, 0.29) is 0 Å². The van der Waals surface area contributed by atoms with Crippen LogP contribution in [0.2, 0.25) is 0 Å². The van der Waals surface area contributed by atoms with Crippen molar-refractivity contribution in [2.45, 2.75) is 13.3 Å². The molecule has 100 valence electrons. The van der Waals surface area contributed by atoms with Gasteiger partial charge in [-0.3, -0.25) is 9.46 Å². The van der Waals surface area contributed by atoms with Crippen LogP contribution in [0.3, 0.4) is 0 Å². The minimum Gasteiger partial charge on any atom is -0.442 e. The van der Waals surface area contributed by atoms with Crippen LogP contribution in [0.15, 0.2) is 42.5 Å². The van der Waals surface area contributed by atoms with Crippen molar-refractivity contribution >= 4 is 7.37 Å². The molecule has 0 spiro atoms. The molecule has 18 heavy (non-hydrogen) atoms. The van der Waals surface area contributed by atoms with Crippen LogP contribution in [0.1, 0.15) is 13.3 Å². The Kier molecular flexibility index (Phi) is 5.64. The fraction of sp³-hybridized carbons (Fsp3) is 0.429. The summed E-state index contributed by atoms with van der Waals surface area (Å²) in [5.41, 5.74) is 1.14. The molecule has 0 aliphatic carbocycles. The summed E-state index contributed by atoms with van der Waals surface area (Å²) in [6, 6.07) is 9.31. The molecule has 1 aromatic rings. The average molecular weight is 267 g/mol. The summed E-state index contributed by atoms with van der Waals surface area (Å²) >= 11 is 0. The van der Waals surface area contributed by atoms with Crippen molar-refractivity contribution in [2.24, 2.45) is 0 Å². The fourth-order valence-electron chi connectivity index (χ4n) is 1.62. The van der Waals surface area contributed by atoms with Gasteiger partial charge in [-0.2, -0.15) is 0 Å². The van der Waals surface area contributed by atoms with E-state index in [1.165, 1.54) is 0 Å². The van der Waals surface area contributed by atoms with Crippen molar-refractivity contribution < 1.29 is 9.09 Å². The minimum atomic E-state index is -2.63.